The van der Waals surface area contributed by atoms with Crippen LogP contribution in [0.2, 0.25) is 0 Å². The van der Waals surface area contributed by atoms with E-state index in [1.807, 2.05) is 0 Å². The van der Waals surface area contributed by atoms with E-state index < -0.39 is 0 Å². The van der Waals surface area contributed by atoms with Gasteiger partial charge in [0, 0.05) is 6.54 Å². The summed E-state index contributed by atoms with van der Waals surface area (Å²) in [6.45, 7) is 1.41. The Kier molecular flexibility index (Phi) is 5.68. The molecule has 0 saturated carbocycles. The molecule has 0 heterocycles. The molecule has 0 aliphatic heterocycles. The number of nitrogens with zero attached hydrogens (tertiary/aromatic N) is 1. The fraction of sp³-hybridized carbons (Fsp3) is 0.667. The van der Waals surface area contributed by atoms with Gasteiger partial charge in [-0.15, -0.1) is 0 Å². The zero-order valence-corrected chi connectivity index (χ0v) is 5.55. The summed E-state index contributed by atoms with van der Waals surface area (Å²) in [5, 5.41) is 0. The molecule has 2 nitrogen and oxygen atoms in total. The highest BCUT2D eigenvalue weighted by Crippen LogP contribution is 1.69. The van der Waals surface area contributed by atoms with Crippen LogP contribution in [0.15, 0.2) is 4.99 Å². The standard InChI is InChI=1S/C3H7IN2/c4-3-6-2-1-5/h3H,1-2,5H2/b6-3-. The van der Waals surface area contributed by atoms with Crippen molar-refractivity contribution in [2.75, 3.05) is 13.1 Å². The third kappa shape index (κ3) is 4.36. The van der Waals surface area contributed by atoms with E-state index >= 15 is 0 Å². The number of aliphatic imine (C=N–C) groups is 1. The lowest BCUT2D eigenvalue weighted by molar-refractivity contribution is 0.983. The zero-order valence-electron chi connectivity index (χ0n) is 3.39. The van der Waals surface area contributed by atoms with Gasteiger partial charge in [0.2, 0.25) is 0 Å². The van der Waals surface area contributed by atoms with Gasteiger partial charge in [0.15, 0.2) is 0 Å². The fourth-order valence-corrected chi connectivity index (χ4v) is 0.402. The molecule has 0 aromatic rings. The number of nitrogens with two attached hydrogens (primary N) is 1. The van der Waals surface area contributed by atoms with E-state index in [0.717, 1.165) is 6.54 Å². The van der Waals surface area contributed by atoms with Crippen LogP contribution in [0.3, 0.4) is 0 Å². The highest BCUT2D eigenvalue weighted by molar-refractivity contribution is 14.1. The summed E-state index contributed by atoms with van der Waals surface area (Å²) in [5.41, 5.74) is 5.10. The molecule has 3 heteroatoms. The van der Waals surface area contributed by atoms with Crippen LogP contribution in [0.1, 0.15) is 0 Å². The van der Waals surface area contributed by atoms with Gasteiger partial charge in [0.05, 0.1) is 10.8 Å². The lowest BCUT2D eigenvalue weighted by Crippen LogP contribution is -2.01. The summed E-state index contributed by atoms with van der Waals surface area (Å²) >= 11 is 2.06. The Balaban J connectivity index is 2.66. The van der Waals surface area contributed by atoms with Gasteiger partial charge in [-0.1, -0.05) is 0 Å². The topological polar surface area (TPSA) is 38.4 Å². The van der Waals surface area contributed by atoms with Crippen molar-refractivity contribution in [3.05, 3.63) is 0 Å². The maximum atomic E-state index is 5.10. The van der Waals surface area contributed by atoms with Crippen LogP contribution in [0.5, 0.6) is 0 Å². The fourth-order valence-electron chi connectivity index (χ4n) is 0.123. The first-order chi connectivity index (χ1) is 2.91. The number of hydrogen-bond acceptors (Lipinski definition) is 2. The Morgan fingerprint density at radius 1 is 1.83 bits per heavy atom. The average molecular weight is 198 g/mol. The van der Waals surface area contributed by atoms with Gasteiger partial charge in [0.1, 0.15) is 0 Å². The van der Waals surface area contributed by atoms with Crippen molar-refractivity contribution in [2.45, 2.75) is 0 Å². The van der Waals surface area contributed by atoms with Crippen molar-refractivity contribution in [3.8, 4) is 0 Å². The van der Waals surface area contributed by atoms with Gasteiger partial charge in [-0.3, -0.25) is 4.99 Å². The number of rotatable bonds is 2. The summed E-state index contributed by atoms with van der Waals surface area (Å²) in [4.78, 5) is 3.83. The van der Waals surface area contributed by atoms with Crippen molar-refractivity contribution < 1.29 is 0 Å². The lowest BCUT2D eigenvalue weighted by atomic mass is 10.7. The van der Waals surface area contributed by atoms with E-state index in [1.165, 1.54) is 0 Å². The van der Waals surface area contributed by atoms with Crippen LogP contribution >= 0.6 is 22.6 Å². The van der Waals surface area contributed by atoms with Crippen molar-refractivity contribution in [1.82, 2.24) is 0 Å². The summed E-state index contributed by atoms with van der Waals surface area (Å²) in [6, 6.07) is 0. The molecule has 2 N–H and O–H groups in total. The SMILES string of the molecule is NCC/N=C\I. The molecule has 0 aliphatic rings. The number of halogens is 1. The first-order valence-corrected chi connectivity index (χ1v) is 2.95. The predicted octanol–water partition coefficient (Wildman–Crippen LogP) is 0.408. The summed E-state index contributed by atoms with van der Waals surface area (Å²) in [5.74, 6) is 0. The second-order valence-corrected chi connectivity index (χ2v) is 1.35. The maximum Gasteiger partial charge on any atom is 0.0596 e. The molecule has 0 rings (SSSR count). The van der Waals surface area contributed by atoms with Gasteiger partial charge in [-0.05, 0) is 22.6 Å². The lowest BCUT2D eigenvalue weighted by Gasteiger charge is -1.77. The Hall–Kier alpha value is 0.360. The van der Waals surface area contributed by atoms with Crippen molar-refractivity contribution in [1.29, 1.82) is 0 Å². The maximum absolute atomic E-state index is 5.10. The van der Waals surface area contributed by atoms with E-state index in [4.69, 9.17) is 5.73 Å². The van der Waals surface area contributed by atoms with Gasteiger partial charge in [-0.25, -0.2) is 0 Å². The molecule has 0 bridgehead atoms. The molecule has 0 unspecified atom stereocenters. The Morgan fingerprint density at radius 3 is 2.67 bits per heavy atom. The minimum Gasteiger partial charge on any atom is -0.329 e. The van der Waals surface area contributed by atoms with Crippen molar-refractivity contribution >= 4 is 26.8 Å². The highest BCUT2D eigenvalue weighted by Gasteiger charge is 1.65. The Bertz CT molecular complexity index is 44.1. The molecule has 36 valence electrons. The second kappa shape index (κ2) is 5.36. The molecule has 0 aliphatic carbocycles. The molecule has 0 saturated heterocycles. The molecular weight excluding hydrogens is 191 g/mol. The van der Waals surface area contributed by atoms with Gasteiger partial charge in [-0.2, -0.15) is 0 Å². The van der Waals surface area contributed by atoms with Gasteiger partial charge >= 0.3 is 0 Å². The smallest absolute Gasteiger partial charge is 0.0596 e. The van der Waals surface area contributed by atoms with E-state index in [2.05, 4.69) is 27.6 Å². The highest BCUT2D eigenvalue weighted by atomic mass is 127. The largest absolute Gasteiger partial charge is 0.329 e. The zero-order chi connectivity index (χ0) is 4.83. The quantitative estimate of drug-likeness (QED) is 0.506. The summed E-state index contributed by atoms with van der Waals surface area (Å²) in [6.07, 6.45) is 0. The van der Waals surface area contributed by atoms with Crippen LogP contribution in [-0.4, -0.2) is 17.3 Å². The summed E-state index contributed by atoms with van der Waals surface area (Å²) < 4.78 is 1.73. The third-order valence-corrected chi connectivity index (χ3v) is 0.721. The van der Waals surface area contributed by atoms with Gasteiger partial charge in [0.25, 0.3) is 0 Å². The number of hydrogen-bond donors (Lipinski definition) is 1. The monoisotopic (exact) mass is 198 g/mol. The second-order valence-electron chi connectivity index (χ2n) is 0.792. The molecule has 0 aromatic carbocycles. The molecule has 0 atom stereocenters. The minimum atomic E-state index is 0.652. The van der Waals surface area contributed by atoms with E-state index in [-0.39, 0.29) is 0 Å². The first-order valence-electron chi connectivity index (χ1n) is 1.70. The molecule has 0 amide bonds. The molecule has 0 aromatic heterocycles. The van der Waals surface area contributed by atoms with Crippen LogP contribution in [-0.2, 0) is 0 Å². The predicted molar refractivity (Wildman–Crippen MR) is 36.4 cm³/mol. The Morgan fingerprint density at radius 2 is 2.50 bits per heavy atom. The molecular formula is C3H7IN2. The normalized spacial score (nSPS) is 10.3. The third-order valence-electron chi connectivity index (χ3n) is 0.327. The molecule has 0 fully saturated rings. The Labute approximate surface area is 51.0 Å². The van der Waals surface area contributed by atoms with Crippen LogP contribution in [0.25, 0.3) is 0 Å². The van der Waals surface area contributed by atoms with Crippen molar-refractivity contribution in [2.24, 2.45) is 10.7 Å². The van der Waals surface area contributed by atoms with Crippen molar-refractivity contribution in [3.63, 3.8) is 0 Å². The molecule has 0 spiro atoms. The molecule has 0 radical (unpaired) electrons. The van der Waals surface area contributed by atoms with E-state index in [0.29, 0.717) is 6.54 Å². The van der Waals surface area contributed by atoms with Crippen LogP contribution < -0.4 is 5.73 Å². The van der Waals surface area contributed by atoms with Gasteiger partial charge < -0.3 is 5.73 Å². The summed E-state index contributed by atoms with van der Waals surface area (Å²) in [7, 11) is 0. The minimum absolute atomic E-state index is 0.652. The molecule has 6 heavy (non-hydrogen) atoms. The first kappa shape index (κ1) is 6.36. The average Bonchev–Trinajstić information content (AvgIpc) is 1.61. The van der Waals surface area contributed by atoms with E-state index in [1.54, 1.807) is 4.22 Å². The van der Waals surface area contributed by atoms with Crippen LogP contribution in [0, 0.1) is 0 Å². The van der Waals surface area contributed by atoms with Crippen LogP contribution in [0.4, 0.5) is 0 Å². The van der Waals surface area contributed by atoms with E-state index in [9.17, 15) is 0 Å².